The number of amides is 1. The normalized spacial score (nSPS) is 13.3. The highest BCUT2D eigenvalue weighted by Crippen LogP contribution is 2.34. The fourth-order valence-electron chi connectivity index (χ4n) is 2.45. The van der Waals surface area contributed by atoms with Crippen molar-refractivity contribution < 1.29 is 28.5 Å². The van der Waals surface area contributed by atoms with Gasteiger partial charge in [-0.2, -0.15) is 0 Å². The number of hydrogen-bond acceptors (Lipinski definition) is 6. The Balaban J connectivity index is 1.56. The van der Waals surface area contributed by atoms with Crippen LogP contribution in [-0.2, 0) is 14.3 Å². The molecule has 0 unspecified atom stereocenters. The van der Waals surface area contributed by atoms with Crippen LogP contribution in [0.15, 0.2) is 48.5 Å². The molecule has 1 aliphatic rings. The second-order valence-corrected chi connectivity index (χ2v) is 5.71. The van der Waals surface area contributed by atoms with Gasteiger partial charge in [0.2, 0.25) is 6.79 Å². The number of hydrogen-bond donors (Lipinski definition) is 1. The van der Waals surface area contributed by atoms with E-state index in [-0.39, 0.29) is 6.79 Å². The van der Waals surface area contributed by atoms with Crippen LogP contribution in [0.2, 0.25) is 0 Å². The zero-order chi connectivity index (χ0) is 19.2. The van der Waals surface area contributed by atoms with Crippen LogP contribution in [0.3, 0.4) is 0 Å². The van der Waals surface area contributed by atoms with E-state index in [1.165, 1.54) is 13.0 Å². The number of carbonyl (C=O) groups excluding carboxylic acids is 2. The molecule has 0 radical (unpaired) electrons. The van der Waals surface area contributed by atoms with Crippen molar-refractivity contribution in [3.05, 3.63) is 54.1 Å². The first-order valence-corrected chi connectivity index (χ1v) is 8.29. The Hall–Kier alpha value is -3.48. The molecule has 1 N–H and O–H groups in total. The van der Waals surface area contributed by atoms with Crippen molar-refractivity contribution >= 4 is 23.6 Å². The van der Waals surface area contributed by atoms with Gasteiger partial charge in [-0.1, -0.05) is 18.2 Å². The van der Waals surface area contributed by atoms with Crippen LogP contribution in [0.4, 0.5) is 5.69 Å². The van der Waals surface area contributed by atoms with Gasteiger partial charge in [-0.05, 0) is 31.2 Å². The summed E-state index contributed by atoms with van der Waals surface area (Å²) in [7, 11) is 1.55. The van der Waals surface area contributed by atoms with Crippen LogP contribution in [0.1, 0.15) is 12.5 Å². The quantitative estimate of drug-likeness (QED) is 0.623. The topological polar surface area (TPSA) is 83.1 Å². The minimum absolute atomic E-state index is 0.152. The average Bonchev–Trinajstić information content (AvgIpc) is 3.14. The van der Waals surface area contributed by atoms with Crippen molar-refractivity contribution in [1.82, 2.24) is 0 Å². The van der Waals surface area contributed by atoms with Crippen LogP contribution >= 0.6 is 0 Å². The Bertz CT molecular complexity index is 877. The van der Waals surface area contributed by atoms with Crippen LogP contribution in [0.5, 0.6) is 17.2 Å². The molecule has 0 fully saturated rings. The molecule has 0 bridgehead atoms. The molecule has 2 aromatic rings. The third kappa shape index (κ3) is 4.58. The highest BCUT2D eigenvalue weighted by atomic mass is 16.7. The number of rotatable bonds is 6. The zero-order valence-electron chi connectivity index (χ0n) is 14.9. The summed E-state index contributed by atoms with van der Waals surface area (Å²) in [4.78, 5) is 24.2. The van der Waals surface area contributed by atoms with Gasteiger partial charge in [0.1, 0.15) is 5.75 Å². The summed E-state index contributed by atoms with van der Waals surface area (Å²) >= 11 is 0. The Morgan fingerprint density at radius 3 is 2.74 bits per heavy atom. The molecule has 1 atom stereocenters. The number of carbonyl (C=O) groups is 2. The van der Waals surface area contributed by atoms with E-state index in [1.807, 2.05) is 12.1 Å². The van der Waals surface area contributed by atoms with Crippen molar-refractivity contribution in [2.45, 2.75) is 13.0 Å². The average molecular weight is 369 g/mol. The van der Waals surface area contributed by atoms with Crippen molar-refractivity contribution in [2.75, 3.05) is 19.2 Å². The number of esters is 1. The van der Waals surface area contributed by atoms with Gasteiger partial charge in [0.15, 0.2) is 17.6 Å². The zero-order valence-corrected chi connectivity index (χ0v) is 14.9. The lowest BCUT2D eigenvalue weighted by atomic mass is 10.2. The molecule has 3 rings (SSSR count). The standard InChI is InChI=1S/C20H19NO6/c1-13(20(23)21-15-8-9-17-18(11-15)26-12-25-17)27-19(22)10-7-14-5-3-4-6-16(14)24-2/h3-11,13H,12H2,1-2H3,(H,21,23)/b10-7+/t13-/m0/s1. The maximum absolute atomic E-state index is 12.2. The van der Waals surface area contributed by atoms with Crippen LogP contribution < -0.4 is 19.5 Å². The lowest BCUT2D eigenvalue weighted by Crippen LogP contribution is -2.29. The number of anilines is 1. The number of benzene rings is 2. The molecule has 1 heterocycles. The van der Waals surface area contributed by atoms with E-state index in [0.717, 1.165) is 5.56 Å². The van der Waals surface area contributed by atoms with Gasteiger partial charge in [0.25, 0.3) is 5.91 Å². The Kier molecular flexibility index (Phi) is 5.61. The molecule has 0 aliphatic carbocycles. The number of methoxy groups -OCH3 is 1. The largest absolute Gasteiger partial charge is 0.496 e. The fourth-order valence-corrected chi connectivity index (χ4v) is 2.45. The van der Waals surface area contributed by atoms with Gasteiger partial charge >= 0.3 is 5.97 Å². The summed E-state index contributed by atoms with van der Waals surface area (Å²) in [5, 5.41) is 2.67. The first kappa shape index (κ1) is 18.3. The van der Waals surface area contributed by atoms with E-state index in [4.69, 9.17) is 18.9 Å². The summed E-state index contributed by atoms with van der Waals surface area (Å²) in [5.74, 6) is 0.725. The highest BCUT2D eigenvalue weighted by molar-refractivity contribution is 5.97. The van der Waals surface area contributed by atoms with Crippen molar-refractivity contribution in [3.63, 3.8) is 0 Å². The van der Waals surface area contributed by atoms with E-state index in [1.54, 1.807) is 43.5 Å². The highest BCUT2D eigenvalue weighted by Gasteiger charge is 2.19. The third-order valence-electron chi connectivity index (χ3n) is 3.84. The minimum Gasteiger partial charge on any atom is -0.496 e. The molecule has 7 heteroatoms. The van der Waals surface area contributed by atoms with Gasteiger partial charge in [0, 0.05) is 23.4 Å². The van der Waals surface area contributed by atoms with Gasteiger partial charge in [-0.25, -0.2) is 4.79 Å². The molecule has 0 aromatic heterocycles. The molecule has 140 valence electrons. The molecule has 7 nitrogen and oxygen atoms in total. The van der Waals surface area contributed by atoms with Crippen LogP contribution in [0, 0.1) is 0 Å². The monoisotopic (exact) mass is 369 g/mol. The third-order valence-corrected chi connectivity index (χ3v) is 3.84. The summed E-state index contributed by atoms with van der Waals surface area (Å²) in [5.41, 5.74) is 1.26. The molecule has 0 spiro atoms. The number of fused-ring (bicyclic) bond motifs is 1. The predicted molar refractivity (Wildman–Crippen MR) is 98.8 cm³/mol. The Morgan fingerprint density at radius 1 is 1.15 bits per heavy atom. The molecule has 1 aliphatic heterocycles. The predicted octanol–water partition coefficient (Wildman–Crippen LogP) is 3.01. The van der Waals surface area contributed by atoms with Crippen molar-refractivity contribution in [2.24, 2.45) is 0 Å². The number of para-hydroxylation sites is 1. The molecule has 0 saturated carbocycles. The molecular weight excluding hydrogens is 350 g/mol. The molecule has 0 saturated heterocycles. The first-order valence-electron chi connectivity index (χ1n) is 8.29. The van der Waals surface area contributed by atoms with Crippen molar-refractivity contribution in [3.8, 4) is 17.2 Å². The van der Waals surface area contributed by atoms with Crippen LogP contribution in [-0.4, -0.2) is 31.9 Å². The SMILES string of the molecule is COc1ccccc1/C=C/C(=O)O[C@@H](C)C(=O)Nc1ccc2c(c1)OCO2. The van der Waals surface area contributed by atoms with Crippen LogP contribution in [0.25, 0.3) is 6.08 Å². The second kappa shape index (κ2) is 8.27. The molecule has 1 amide bonds. The van der Waals surface area contributed by atoms with Gasteiger partial charge in [0.05, 0.1) is 7.11 Å². The molecular formula is C20H19NO6. The lowest BCUT2D eigenvalue weighted by molar-refractivity contribution is -0.148. The van der Waals surface area contributed by atoms with E-state index < -0.39 is 18.0 Å². The lowest BCUT2D eigenvalue weighted by Gasteiger charge is -2.12. The molecule has 2 aromatic carbocycles. The van der Waals surface area contributed by atoms with Crippen molar-refractivity contribution in [1.29, 1.82) is 0 Å². The summed E-state index contributed by atoms with van der Waals surface area (Å²) in [6.07, 6.45) is 1.86. The minimum atomic E-state index is -0.967. The summed E-state index contributed by atoms with van der Waals surface area (Å²) in [6.45, 7) is 1.65. The maximum atomic E-state index is 12.2. The fraction of sp³-hybridized carbons (Fsp3) is 0.200. The number of nitrogens with one attached hydrogen (secondary N) is 1. The number of ether oxygens (including phenoxy) is 4. The van der Waals surface area contributed by atoms with E-state index in [9.17, 15) is 9.59 Å². The Morgan fingerprint density at radius 2 is 1.93 bits per heavy atom. The van der Waals surface area contributed by atoms with E-state index in [0.29, 0.717) is 22.9 Å². The second-order valence-electron chi connectivity index (χ2n) is 5.71. The van der Waals surface area contributed by atoms with E-state index >= 15 is 0 Å². The summed E-state index contributed by atoms with van der Waals surface area (Å²) < 4.78 is 20.8. The maximum Gasteiger partial charge on any atom is 0.331 e. The van der Waals surface area contributed by atoms with E-state index in [2.05, 4.69) is 5.32 Å². The van der Waals surface area contributed by atoms with Gasteiger partial charge < -0.3 is 24.3 Å². The summed E-state index contributed by atoms with van der Waals surface area (Å²) in [6, 6.07) is 12.3. The Labute approximate surface area is 156 Å². The van der Waals surface area contributed by atoms with Gasteiger partial charge in [-0.3, -0.25) is 4.79 Å². The van der Waals surface area contributed by atoms with Gasteiger partial charge in [-0.15, -0.1) is 0 Å². The smallest absolute Gasteiger partial charge is 0.331 e. The first-order chi connectivity index (χ1) is 13.1. The molecule has 27 heavy (non-hydrogen) atoms.